The fraction of sp³-hybridized carbons (Fsp3) is 0.667. The maximum atomic E-state index is 13.6. The minimum Gasteiger partial charge on any atom is -0.366 e. The van der Waals surface area contributed by atoms with E-state index in [4.69, 9.17) is 0 Å². The summed E-state index contributed by atoms with van der Waals surface area (Å²) in [5, 5.41) is 2.00. The highest BCUT2D eigenvalue weighted by Gasteiger charge is 2.45. The van der Waals surface area contributed by atoms with Crippen LogP contribution in [0.4, 0.5) is 0 Å². The Morgan fingerprint density at radius 1 is 0.759 bits per heavy atom. The van der Waals surface area contributed by atoms with Gasteiger partial charge >= 0.3 is 0 Å². The van der Waals surface area contributed by atoms with Crippen LogP contribution in [0, 0.1) is 0 Å². The third kappa shape index (κ3) is 4.60. The molecule has 1 saturated heterocycles. The molecule has 3 aliphatic rings. The molecule has 0 N–H and O–H groups in total. The molecule has 1 aliphatic carbocycles. The van der Waals surface area contributed by atoms with Crippen molar-refractivity contribution in [1.82, 2.24) is 9.80 Å². The van der Waals surface area contributed by atoms with E-state index in [0.717, 1.165) is 56.5 Å². The molecule has 0 aromatic carbocycles. The smallest absolute Gasteiger partial charge is 0.278 e. The van der Waals surface area contributed by atoms with Crippen molar-refractivity contribution in [1.29, 1.82) is 0 Å². The number of amides is 2. The summed E-state index contributed by atoms with van der Waals surface area (Å²) in [7, 11) is 0. The van der Waals surface area contributed by atoms with Crippen molar-refractivity contribution < 1.29 is 9.59 Å². The number of nitrogens with zero attached hydrogens (tertiary/aromatic N) is 2. The largest absolute Gasteiger partial charge is 0.366 e. The summed E-state index contributed by atoms with van der Waals surface area (Å²) in [6.45, 7) is 1.78. The lowest BCUT2D eigenvalue weighted by Gasteiger charge is -2.28. The van der Waals surface area contributed by atoms with Gasteiger partial charge in [-0.25, -0.2) is 0 Å². The van der Waals surface area contributed by atoms with Crippen LogP contribution in [0.3, 0.4) is 0 Å². The Morgan fingerprint density at radius 3 is 1.90 bits per heavy atom. The average molecular weight is 415 g/mol. The molecule has 2 amide bonds. The Hall–Kier alpha value is -1.62. The van der Waals surface area contributed by atoms with Gasteiger partial charge in [-0.2, -0.15) is 0 Å². The Bertz CT molecular complexity index is 722. The second-order valence-corrected chi connectivity index (χ2v) is 9.74. The second kappa shape index (κ2) is 9.92. The molecular weight excluding hydrogens is 380 g/mol. The van der Waals surface area contributed by atoms with E-state index in [2.05, 4.69) is 4.90 Å². The minimum absolute atomic E-state index is 0.0302. The van der Waals surface area contributed by atoms with Crippen LogP contribution in [-0.2, 0) is 9.59 Å². The molecule has 2 fully saturated rings. The molecule has 0 atom stereocenters. The van der Waals surface area contributed by atoms with E-state index in [0.29, 0.717) is 11.3 Å². The molecule has 0 radical (unpaired) electrons. The van der Waals surface area contributed by atoms with Crippen LogP contribution >= 0.6 is 11.3 Å². The van der Waals surface area contributed by atoms with Crippen molar-refractivity contribution in [3.63, 3.8) is 0 Å². The Morgan fingerprint density at radius 2 is 1.34 bits per heavy atom. The lowest BCUT2D eigenvalue weighted by molar-refractivity contribution is -0.140. The summed E-state index contributed by atoms with van der Waals surface area (Å²) in [6.07, 6.45) is 15.4. The Balaban J connectivity index is 1.58. The number of imide groups is 1. The molecule has 158 valence electrons. The third-order valence-corrected chi connectivity index (χ3v) is 7.61. The van der Waals surface area contributed by atoms with Crippen molar-refractivity contribution in [3.05, 3.63) is 28.1 Å². The van der Waals surface area contributed by atoms with Gasteiger partial charge in [-0.1, -0.05) is 63.9 Å². The van der Waals surface area contributed by atoms with Crippen molar-refractivity contribution >= 4 is 28.7 Å². The predicted octanol–water partition coefficient (Wildman–Crippen LogP) is 5.60. The fourth-order valence-electron chi connectivity index (χ4n) is 5.14. The molecule has 1 aromatic heterocycles. The average Bonchev–Trinajstić information content (AvgIpc) is 3.44. The molecule has 1 saturated carbocycles. The highest BCUT2D eigenvalue weighted by atomic mass is 32.1. The maximum Gasteiger partial charge on any atom is 0.278 e. The third-order valence-electron chi connectivity index (χ3n) is 6.72. The van der Waals surface area contributed by atoms with E-state index in [1.165, 1.54) is 44.9 Å². The summed E-state index contributed by atoms with van der Waals surface area (Å²) >= 11 is 1.57. The molecule has 0 spiro atoms. The van der Waals surface area contributed by atoms with Gasteiger partial charge in [0.05, 0.1) is 5.57 Å². The first-order valence-corrected chi connectivity index (χ1v) is 12.6. The summed E-state index contributed by atoms with van der Waals surface area (Å²) in [4.78, 5) is 32.0. The van der Waals surface area contributed by atoms with Crippen LogP contribution in [0.2, 0.25) is 0 Å². The lowest BCUT2D eigenvalue weighted by Crippen LogP contribution is -2.42. The van der Waals surface area contributed by atoms with Gasteiger partial charge < -0.3 is 4.90 Å². The number of likely N-dealkylation sites (tertiary alicyclic amines) is 1. The zero-order valence-corrected chi connectivity index (χ0v) is 18.4. The van der Waals surface area contributed by atoms with E-state index >= 15 is 0 Å². The van der Waals surface area contributed by atoms with Crippen molar-refractivity contribution in [3.8, 4) is 0 Å². The first-order valence-electron chi connectivity index (χ1n) is 11.7. The molecule has 0 unspecified atom stereocenters. The zero-order chi connectivity index (χ0) is 20.1. The van der Waals surface area contributed by atoms with Gasteiger partial charge in [0.15, 0.2) is 0 Å². The van der Waals surface area contributed by atoms with Gasteiger partial charge in [-0.05, 0) is 37.1 Å². The molecular formula is C24H34N2O2S. The van der Waals surface area contributed by atoms with Crippen molar-refractivity contribution in [2.45, 2.75) is 89.5 Å². The van der Waals surface area contributed by atoms with Gasteiger partial charge in [0.2, 0.25) is 0 Å². The number of thiophene rings is 1. The van der Waals surface area contributed by atoms with Gasteiger partial charge in [-0.15, -0.1) is 11.3 Å². The Labute approximate surface area is 179 Å². The normalized spacial score (nSPS) is 23.6. The minimum atomic E-state index is -0.0450. The number of carbonyl (C=O) groups excluding carboxylic acids is 2. The maximum absolute atomic E-state index is 13.6. The molecule has 0 bridgehead atoms. The van der Waals surface area contributed by atoms with Crippen LogP contribution in [0.25, 0.3) is 5.57 Å². The van der Waals surface area contributed by atoms with E-state index in [-0.39, 0.29) is 17.9 Å². The van der Waals surface area contributed by atoms with Crippen LogP contribution in [-0.4, -0.2) is 40.7 Å². The van der Waals surface area contributed by atoms with Crippen LogP contribution in [0.15, 0.2) is 23.2 Å². The number of hydrogen-bond donors (Lipinski definition) is 0. The van der Waals surface area contributed by atoms with Gasteiger partial charge in [0.25, 0.3) is 11.8 Å². The summed E-state index contributed by atoms with van der Waals surface area (Å²) in [6, 6.07) is 4.03. The monoisotopic (exact) mass is 414 g/mol. The molecule has 4 nitrogen and oxygen atoms in total. The second-order valence-electron chi connectivity index (χ2n) is 8.79. The summed E-state index contributed by atoms with van der Waals surface area (Å²) in [5.41, 5.74) is 1.35. The molecule has 5 heteroatoms. The number of rotatable bonds is 3. The van der Waals surface area contributed by atoms with Gasteiger partial charge in [-0.3, -0.25) is 14.5 Å². The van der Waals surface area contributed by atoms with E-state index < -0.39 is 0 Å². The topological polar surface area (TPSA) is 40.6 Å². The SMILES string of the molecule is O=C1C(c2cccs2)=C(N2CCCC2)C(=O)N1C1CCCCCCCCCCC1. The van der Waals surface area contributed by atoms with E-state index in [9.17, 15) is 9.59 Å². The molecule has 2 aliphatic heterocycles. The quantitative estimate of drug-likeness (QED) is 0.605. The molecule has 29 heavy (non-hydrogen) atoms. The van der Waals surface area contributed by atoms with Crippen LogP contribution < -0.4 is 0 Å². The molecule has 3 heterocycles. The summed E-state index contributed by atoms with van der Waals surface area (Å²) < 4.78 is 0. The van der Waals surface area contributed by atoms with E-state index in [1.807, 2.05) is 17.5 Å². The van der Waals surface area contributed by atoms with Crippen LogP contribution in [0.5, 0.6) is 0 Å². The first-order chi connectivity index (χ1) is 14.3. The van der Waals surface area contributed by atoms with Gasteiger partial charge in [0.1, 0.15) is 5.70 Å². The zero-order valence-electron chi connectivity index (χ0n) is 17.5. The van der Waals surface area contributed by atoms with Crippen LogP contribution in [0.1, 0.15) is 88.3 Å². The highest BCUT2D eigenvalue weighted by Crippen LogP contribution is 2.37. The number of carbonyl (C=O) groups is 2. The first kappa shape index (κ1) is 20.6. The standard InChI is InChI=1S/C24H34N2O2S/c27-23-21(20-15-12-18-29-20)22(25-16-10-11-17-25)24(28)26(23)19-13-8-6-4-2-1-3-5-7-9-14-19/h12,15,18-19H,1-11,13-14,16-17H2. The van der Waals surface area contributed by atoms with Crippen molar-refractivity contribution in [2.75, 3.05) is 13.1 Å². The molecule has 4 rings (SSSR count). The Kier molecular flexibility index (Phi) is 7.06. The molecule has 1 aromatic rings. The highest BCUT2D eigenvalue weighted by molar-refractivity contribution is 7.11. The summed E-state index contributed by atoms with van der Waals surface area (Å²) in [5.74, 6) is -0.0751. The lowest BCUT2D eigenvalue weighted by atomic mass is 9.97. The fourth-order valence-corrected chi connectivity index (χ4v) is 5.91. The van der Waals surface area contributed by atoms with Gasteiger partial charge in [0, 0.05) is 24.0 Å². The predicted molar refractivity (Wildman–Crippen MR) is 118 cm³/mol. The van der Waals surface area contributed by atoms with Crippen molar-refractivity contribution in [2.24, 2.45) is 0 Å². The number of hydrogen-bond acceptors (Lipinski definition) is 4. The van der Waals surface area contributed by atoms with E-state index in [1.54, 1.807) is 16.2 Å².